The highest BCUT2D eigenvalue weighted by Crippen LogP contribution is 2.34. The molecule has 2 N–H and O–H groups in total. The van der Waals surface area contributed by atoms with Crippen molar-refractivity contribution in [3.05, 3.63) is 16.1 Å². The van der Waals surface area contributed by atoms with Crippen molar-refractivity contribution in [3.63, 3.8) is 0 Å². The Hall–Kier alpha value is -0.410. The van der Waals surface area contributed by atoms with Crippen LogP contribution < -0.4 is 5.73 Å². The highest BCUT2D eigenvalue weighted by Gasteiger charge is 2.34. The topological polar surface area (TPSA) is 38.9 Å². The summed E-state index contributed by atoms with van der Waals surface area (Å²) in [4.78, 5) is 4.48. The molecule has 0 aromatic carbocycles. The molecule has 3 heteroatoms. The largest absolute Gasteiger partial charge is 0.325 e. The number of hydrogen-bond donors (Lipinski definition) is 1. The van der Waals surface area contributed by atoms with Gasteiger partial charge in [0.15, 0.2) is 0 Å². The van der Waals surface area contributed by atoms with E-state index in [9.17, 15) is 0 Å². The first kappa shape index (κ1) is 10.1. The van der Waals surface area contributed by atoms with Crippen LogP contribution in [0.4, 0.5) is 0 Å². The highest BCUT2D eigenvalue weighted by atomic mass is 32.1. The van der Waals surface area contributed by atoms with Gasteiger partial charge in [0.1, 0.15) is 0 Å². The summed E-state index contributed by atoms with van der Waals surface area (Å²) in [5.74, 6) is 0.791. The number of rotatable bonds is 2. The molecule has 0 aliphatic heterocycles. The van der Waals surface area contributed by atoms with Crippen LogP contribution in [0.5, 0.6) is 0 Å². The molecule has 2 atom stereocenters. The molecule has 78 valence electrons. The van der Waals surface area contributed by atoms with Crippen LogP contribution >= 0.6 is 11.3 Å². The van der Waals surface area contributed by atoms with E-state index in [0.29, 0.717) is 0 Å². The molecule has 0 bridgehead atoms. The molecular weight excluding hydrogens is 192 g/mol. The van der Waals surface area contributed by atoms with E-state index >= 15 is 0 Å². The number of nitrogens with zero attached hydrogens (tertiary/aromatic N) is 1. The van der Waals surface area contributed by atoms with Crippen molar-refractivity contribution in [1.82, 2.24) is 4.98 Å². The van der Waals surface area contributed by atoms with Gasteiger partial charge >= 0.3 is 0 Å². The van der Waals surface area contributed by atoms with E-state index in [4.69, 9.17) is 5.73 Å². The fraction of sp³-hybridized carbons (Fsp3) is 0.727. The van der Waals surface area contributed by atoms with Crippen LogP contribution in [0.25, 0.3) is 0 Å². The van der Waals surface area contributed by atoms with Gasteiger partial charge in [-0.2, -0.15) is 0 Å². The summed E-state index contributed by atoms with van der Waals surface area (Å²) in [5, 5.41) is 3.29. The second-order valence-corrected chi connectivity index (χ2v) is 5.81. The molecule has 0 saturated heterocycles. The lowest BCUT2D eigenvalue weighted by atomic mass is 9.92. The average Bonchev–Trinajstić information content (AvgIpc) is 2.60. The molecule has 1 aromatic rings. The molecule has 1 aromatic heterocycles. The normalized spacial score (nSPS) is 32.4. The van der Waals surface area contributed by atoms with E-state index in [-0.39, 0.29) is 5.54 Å². The van der Waals surface area contributed by atoms with E-state index < -0.39 is 0 Å². The van der Waals surface area contributed by atoms with E-state index in [2.05, 4.69) is 24.2 Å². The van der Waals surface area contributed by atoms with Gasteiger partial charge in [-0.25, -0.2) is 4.98 Å². The minimum Gasteiger partial charge on any atom is -0.325 e. The van der Waals surface area contributed by atoms with Gasteiger partial charge in [-0.05, 0) is 32.1 Å². The molecule has 2 unspecified atom stereocenters. The fourth-order valence-corrected chi connectivity index (χ4v) is 3.06. The predicted octanol–water partition coefficient (Wildman–Crippen LogP) is 2.51. The van der Waals surface area contributed by atoms with Gasteiger partial charge in [0.05, 0.1) is 10.7 Å². The zero-order valence-electron chi connectivity index (χ0n) is 8.92. The van der Waals surface area contributed by atoms with Crippen molar-refractivity contribution in [1.29, 1.82) is 0 Å². The van der Waals surface area contributed by atoms with Crippen molar-refractivity contribution in [2.75, 3.05) is 0 Å². The summed E-state index contributed by atoms with van der Waals surface area (Å²) in [7, 11) is 0. The second-order valence-electron chi connectivity index (χ2n) is 4.74. The van der Waals surface area contributed by atoms with Gasteiger partial charge in [-0.3, -0.25) is 0 Å². The minimum atomic E-state index is 0.0277. The van der Waals surface area contributed by atoms with Crippen LogP contribution in [0, 0.1) is 12.8 Å². The standard InChI is InChI=1S/C11H18N2S/c1-8-3-4-11(12,5-8)6-10-7-14-9(2)13-10/h7-8H,3-6,12H2,1-2H3. The third-order valence-electron chi connectivity index (χ3n) is 3.09. The number of aromatic nitrogens is 1. The Kier molecular flexibility index (Phi) is 2.62. The Labute approximate surface area is 89.5 Å². The molecule has 2 rings (SSSR count). The summed E-state index contributed by atoms with van der Waals surface area (Å²) in [5.41, 5.74) is 7.57. The van der Waals surface area contributed by atoms with Crippen molar-refractivity contribution < 1.29 is 0 Å². The van der Waals surface area contributed by atoms with Crippen molar-refractivity contribution in [3.8, 4) is 0 Å². The van der Waals surface area contributed by atoms with Gasteiger partial charge in [-0.15, -0.1) is 11.3 Å². The minimum absolute atomic E-state index is 0.0277. The number of aryl methyl sites for hydroxylation is 1. The maximum absolute atomic E-state index is 6.36. The van der Waals surface area contributed by atoms with Gasteiger partial charge in [0.2, 0.25) is 0 Å². The third-order valence-corrected chi connectivity index (χ3v) is 3.91. The number of thiazole rings is 1. The Bertz CT molecular complexity index is 321. The second kappa shape index (κ2) is 3.63. The van der Waals surface area contributed by atoms with Crippen LogP contribution in [-0.2, 0) is 6.42 Å². The molecule has 14 heavy (non-hydrogen) atoms. The SMILES string of the molecule is Cc1nc(CC2(N)CCC(C)C2)cs1. The summed E-state index contributed by atoms with van der Waals surface area (Å²) >= 11 is 1.72. The molecule has 0 amide bonds. The van der Waals surface area contributed by atoms with Crippen LogP contribution in [0.3, 0.4) is 0 Å². The monoisotopic (exact) mass is 210 g/mol. The Morgan fingerprint density at radius 2 is 2.50 bits per heavy atom. The molecule has 1 saturated carbocycles. The average molecular weight is 210 g/mol. The fourth-order valence-electron chi connectivity index (χ4n) is 2.44. The van der Waals surface area contributed by atoms with Crippen LogP contribution in [-0.4, -0.2) is 10.5 Å². The maximum Gasteiger partial charge on any atom is 0.0897 e. The van der Waals surface area contributed by atoms with Crippen molar-refractivity contribution in [2.24, 2.45) is 11.7 Å². The van der Waals surface area contributed by atoms with Gasteiger partial charge in [0.25, 0.3) is 0 Å². The molecule has 1 aliphatic carbocycles. The van der Waals surface area contributed by atoms with E-state index in [1.54, 1.807) is 11.3 Å². The molecule has 1 fully saturated rings. The lowest BCUT2D eigenvalue weighted by Crippen LogP contribution is -2.39. The Morgan fingerprint density at radius 1 is 1.71 bits per heavy atom. The van der Waals surface area contributed by atoms with Gasteiger partial charge < -0.3 is 5.73 Å². The summed E-state index contributed by atoms with van der Waals surface area (Å²) in [6, 6.07) is 0. The van der Waals surface area contributed by atoms with E-state index in [0.717, 1.165) is 30.2 Å². The molecular formula is C11H18N2S. The van der Waals surface area contributed by atoms with Gasteiger partial charge in [0, 0.05) is 17.3 Å². The number of hydrogen-bond acceptors (Lipinski definition) is 3. The smallest absolute Gasteiger partial charge is 0.0897 e. The maximum atomic E-state index is 6.36. The highest BCUT2D eigenvalue weighted by molar-refractivity contribution is 7.09. The lowest BCUT2D eigenvalue weighted by Gasteiger charge is -2.22. The van der Waals surface area contributed by atoms with Crippen molar-refractivity contribution in [2.45, 2.75) is 45.1 Å². The Balaban J connectivity index is 2.03. The Morgan fingerprint density at radius 3 is 3.00 bits per heavy atom. The predicted molar refractivity (Wildman–Crippen MR) is 60.5 cm³/mol. The van der Waals surface area contributed by atoms with E-state index in [1.165, 1.54) is 12.1 Å². The zero-order chi connectivity index (χ0) is 10.2. The first-order valence-electron chi connectivity index (χ1n) is 5.27. The summed E-state index contributed by atoms with van der Waals surface area (Å²) in [6.45, 7) is 4.34. The van der Waals surface area contributed by atoms with E-state index in [1.807, 2.05) is 0 Å². The van der Waals surface area contributed by atoms with Crippen LogP contribution in [0.1, 0.15) is 36.9 Å². The lowest BCUT2D eigenvalue weighted by molar-refractivity contribution is 0.416. The first-order valence-corrected chi connectivity index (χ1v) is 6.15. The van der Waals surface area contributed by atoms with Crippen molar-refractivity contribution >= 4 is 11.3 Å². The summed E-state index contributed by atoms with van der Waals surface area (Å²) in [6.07, 6.45) is 4.55. The van der Waals surface area contributed by atoms with Gasteiger partial charge in [-0.1, -0.05) is 6.92 Å². The molecule has 0 spiro atoms. The van der Waals surface area contributed by atoms with Crippen LogP contribution in [0.15, 0.2) is 5.38 Å². The molecule has 1 aliphatic rings. The zero-order valence-corrected chi connectivity index (χ0v) is 9.73. The molecule has 2 nitrogen and oxygen atoms in total. The third kappa shape index (κ3) is 2.15. The summed E-state index contributed by atoms with van der Waals surface area (Å²) < 4.78 is 0. The van der Waals surface area contributed by atoms with Crippen LogP contribution in [0.2, 0.25) is 0 Å². The molecule has 0 radical (unpaired) electrons. The quantitative estimate of drug-likeness (QED) is 0.814. The number of nitrogens with two attached hydrogens (primary N) is 1. The molecule has 1 heterocycles. The first-order chi connectivity index (χ1) is 6.57.